The number of benzene rings is 2. The van der Waals surface area contributed by atoms with Gasteiger partial charge in [0.2, 0.25) is 17.5 Å². The first-order chi connectivity index (χ1) is 16.1. The molecule has 5 N–H and O–H groups in total. The third-order valence-electron chi connectivity index (χ3n) is 5.37. The summed E-state index contributed by atoms with van der Waals surface area (Å²) in [6.07, 6.45) is -6.98. The summed E-state index contributed by atoms with van der Waals surface area (Å²) < 4.78 is 22.2. The van der Waals surface area contributed by atoms with E-state index in [-0.39, 0.29) is 33.8 Å². The van der Waals surface area contributed by atoms with E-state index in [9.17, 15) is 35.1 Å². The molecule has 0 spiro atoms. The topological polar surface area (TPSA) is 176 Å². The Labute approximate surface area is 192 Å². The van der Waals surface area contributed by atoms with E-state index in [1.165, 1.54) is 31.2 Å². The summed E-state index contributed by atoms with van der Waals surface area (Å²) in [5, 5.41) is 50.0. The van der Waals surface area contributed by atoms with E-state index >= 15 is 0 Å². The van der Waals surface area contributed by atoms with Gasteiger partial charge in [0, 0.05) is 24.6 Å². The number of aromatic hydroxyl groups is 3. The number of rotatable bonds is 4. The maximum Gasteiger partial charge on any atom is 0.303 e. The molecule has 1 fully saturated rings. The highest BCUT2D eigenvalue weighted by Crippen LogP contribution is 2.37. The Bertz CT molecular complexity index is 1280. The Morgan fingerprint density at radius 2 is 1.68 bits per heavy atom. The Hall–Kier alpha value is -3.80. The molecule has 0 radical (unpaired) electrons. The maximum atomic E-state index is 13.4. The summed E-state index contributed by atoms with van der Waals surface area (Å²) in [7, 11) is 0. The van der Waals surface area contributed by atoms with Crippen LogP contribution in [0.3, 0.4) is 0 Å². The van der Waals surface area contributed by atoms with Crippen LogP contribution in [0.5, 0.6) is 23.0 Å². The number of phenols is 3. The standard InChI is InChI=1S/C23H22O11/c1-9-17(28)19(30)22(32-10(2)24)23(31-9)34-21-18(29)16-14(27)7-13(26)8-15(16)33-20(21)11-3-5-12(25)6-4-11/h3-9,17,19,22-23,25-28,30H,1-2H3/t9?,17-,19?,22-,23-/m0/s1. The lowest BCUT2D eigenvalue weighted by Crippen LogP contribution is -2.59. The first-order valence-corrected chi connectivity index (χ1v) is 10.2. The summed E-state index contributed by atoms with van der Waals surface area (Å²) in [6, 6.07) is 7.62. The zero-order valence-corrected chi connectivity index (χ0v) is 18.0. The maximum absolute atomic E-state index is 13.4. The van der Waals surface area contributed by atoms with Crippen molar-refractivity contribution in [3.63, 3.8) is 0 Å². The molecule has 3 aromatic rings. The second kappa shape index (κ2) is 8.86. The molecule has 180 valence electrons. The number of ether oxygens (including phenoxy) is 3. The molecule has 5 atom stereocenters. The van der Waals surface area contributed by atoms with Gasteiger partial charge in [-0.25, -0.2) is 0 Å². The molecule has 1 saturated heterocycles. The van der Waals surface area contributed by atoms with Crippen molar-refractivity contribution in [3.05, 3.63) is 46.6 Å². The molecule has 4 rings (SSSR count). The van der Waals surface area contributed by atoms with Gasteiger partial charge in [-0.1, -0.05) is 0 Å². The van der Waals surface area contributed by atoms with E-state index in [1.807, 2.05) is 0 Å². The molecule has 34 heavy (non-hydrogen) atoms. The number of carbonyl (C=O) groups is 1. The lowest BCUT2D eigenvalue weighted by Gasteiger charge is -2.40. The fourth-order valence-corrected chi connectivity index (χ4v) is 3.71. The van der Waals surface area contributed by atoms with Gasteiger partial charge >= 0.3 is 5.97 Å². The van der Waals surface area contributed by atoms with Crippen LogP contribution in [0.4, 0.5) is 0 Å². The molecule has 1 aliphatic heterocycles. The number of carbonyl (C=O) groups excluding carboxylic acids is 1. The molecular formula is C23H22O11. The van der Waals surface area contributed by atoms with Crippen LogP contribution in [0.1, 0.15) is 13.8 Å². The monoisotopic (exact) mass is 474 g/mol. The number of hydrogen-bond acceptors (Lipinski definition) is 11. The van der Waals surface area contributed by atoms with Gasteiger partial charge in [0.1, 0.15) is 40.4 Å². The highest BCUT2D eigenvalue weighted by atomic mass is 16.7. The van der Waals surface area contributed by atoms with Crippen LogP contribution in [0.25, 0.3) is 22.3 Å². The first-order valence-electron chi connectivity index (χ1n) is 10.2. The van der Waals surface area contributed by atoms with Crippen molar-refractivity contribution in [3.8, 4) is 34.3 Å². The van der Waals surface area contributed by atoms with Crippen LogP contribution in [0.15, 0.2) is 45.6 Å². The number of aliphatic hydroxyl groups excluding tert-OH is 2. The molecule has 0 bridgehead atoms. The van der Waals surface area contributed by atoms with Gasteiger partial charge in [0.05, 0.1) is 6.10 Å². The van der Waals surface area contributed by atoms with Crippen molar-refractivity contribution in [1.82, 2.24) is 0 Å². The Balaban J connectivity index is 1.90. The minimum absolute atomic E-state index is 0.0545. The van der Waals surface area contributed by atoms with Gasteiger partial charge in [-0.2, -0.15) is 0 Å². The van der Waals surface area contributed by atoms with Gasteiger partial charge < -0.3 is 44.2 Å². The summed E-state index contributed by atoms with van der Waals surface area (Å²) in [5.41, 5.74) is -0.716. The van der Waals surface area contributed by atoms with Crippen LogP contribution < -0.4 is 10.2 Å². The van der Waals surface area contributed by atoms with Crippen molar-refractivity contribution in [2.45, 2.75) is 44.6 Å². The molecule has 2 unspecified atom stereocenters. The van der Waals surface area contributed by atoms with Crippen molar-refractivity contribution in [2.24, 2.45) is 0 Å². The number of phenolic OH excluding ortho intramolecular Hbond substituents is 3. The van der Waals surface area contributed by atoms with E-state index in [1.54, 1.807) is 0 Å². The molecule has 2 heterocycles. The Morgan fingerprint density at radius 3 is 2.32 bits per heavy atom. The van der Waals surface area contributed by atoms with Crippen LogP contribution in [0, 0.1) is 0 Å². The van der Waals surface area contributed by atoms with Gasteiger partial charge in [-0.15, -0.1) is 0 Å². The summed E-state index contributed by atoms with van der Waals surface area (Å²) in [6.45, 7) is 2.54. The number of hydrogen-bond donors (Lipinski definition) is 5. The van der Waals surface area contributed by atoms with Crippen molar-refractivity contribution >= 4 is 16.9 Å². The third-order valence-corrected chi connectivity index (χ3v) is 5.37. The van der Waals surface area contributed by atoms with E-state index < -0.39 is 53.6 Å². The zero-order chi connectivity index (χ0) is 24.7. The molecule has 1 aliphatic rings. The summed E-state index contributed by atoms with van der Waals surface area (Å²) >= 11 is 0. The largest absolute Gasteiger partial charge is 0.508 e. The zero-order valence-electron chi connectivity index (χ0n) is 18.0. The normalized spacial score (nSPS) is 24.6. The van der Waals surface area contributed by atoms with Gasteiger partial charge in [0.25, 0.3) is 0 Å². The number of esters is 1. The van der Waals surface area contributed by atoms with Gasteiger partial charge in [-0.05, 0) is 31.2 Å². The fraction of sp³-hybridized carbons (Fsp3) is 0.304. The van der Waals surface area contributed by atoms with E-state index in [0.717, 1.165) is 19.1 Å². The fourth-order valence-electron chi connectivity index (χ4n) is 3.71. The molecule has 0 amide bonds. The Kier molecular flexibility index (Phi) is 6.09. The molecule has 2 aromatic carbocycles. The second-order valence-corrected chi connectivity index (χ2v) is 7.86. The van der Waals surface area contributed by atoms with Crippen LogP contribution in [-0.4, -0.2) is 62.2 Å². The lowest BCUT2D eigenvalue weighted by molar-refractivity contribution is -0.273. The molecule has 11 nitrogen and oxygen atoms in total. The molecular weight excluding hydrogens is 452 g/mol. The molecule has 1 aromatic heterocycles. The van der Waals surface area contributed by atoms with Gasteiger partial charge in [0.15, 0.2) is 11.9 Å². The smallest absolute Gasteiger partial charge is 0.303 e. The van der Waals surface area contributed by atoms with E-state index in [2.05, 4.69) is 0 Å². The van der Waals surface area contributed by atoms with Crippen LogP contribution in [0.2, 0.25) is 0 Å². The van der Waals surface area contributed by atoms with Gasteiger partial charge in [-0.3, -0.25) is 9.59 Å². The second-order valence-electron chi connectivity index (χ2n) is 7.86. The van der Waals surface area contributed by atoms with Crippen molar-refractivity contribution in [2.75, 3.05) is 0 Å². The minimum Gasteiger partial charge on any atom is -0.508 e. The minimum atomic E-state index is -1.59. The van der Waals surface area contributed by atoms with E-state index in [0.29, 0.717) is 0 Å². The molecule has 11 heteroatoms. The molecule has 0 saturated carbocycles. The van der Waals surface area contributed by atoms with E-state index in [4.69, 9.17) is 18.6 Å². The quantitative estimate of drug-likeness (QED) is 0.345. The lowest BCUT2D eigenvalue weighted by atomic mass is 9.99. The summed E-state index contributed by atoms with van der Waals surface area (Å²) in [4.78, 5) is 25.0. The molecule has 0 aliphatic carbocycles. The SMILES string of the molecule is CC(=O)O[C@H]1C(O)[C@@H](O)C(C)O[C@H]1Oc1c(-c2ccc(O)cc2)oc2cc(O)cc(O)c2c1=O. The average Bonchev–Trinajstić information content (AvgIpc) is 2.76. The average molecular weight is 474 g/mol. The van der Waals surface area contributed by atoms with Crippen LogP contribution in [-0.2, 0) is 14.3 Å². The highest BCUT2D eigenvalue weighted by molar-refractivity contribution is 5.88. The highest BCUT2D eigenvalue weighted by Gasteiger charge is 2.47. The van der Waals surface area contributed by atoms with Crippen LogP contribution >= 0.6 is 0 Å². The third kappa shape index (κ3) is 4.23. The first kappa shape index (κ1) is 23.4. The predicted molar refractivity (Wildman–Crippen MR) is 115 cm³/mol. The van der Waals surface area contributed by atoms with Crippen molar-refractivity contribution < 1.29 is 49.0 Å². The number of aliphatic hydroxyl groups is 2. The van der Waals surface area contributed by atoms with Crippen molar-refractivity contribution in [1.29, 1.82) is 0 Å². The number of fused-ring (bicyclic) bond motifs is 1. The summed E-state index contributed by atoms with van der Waals surface area (Å²) in [5.74, 6) is -2.38. The Morgan fingerprint density at radius 1 is 1.00 bits per heavy atom. The predicted octanol–water partition coefficient (Wildman–Crippen LogP) is 1.35.